The van der Waals surface area contributed by atoms with Crippen molar-refractivity contribution in [2.45, 2.75) is 15.6 Å². The van der Waals surface area contributed by atoms with Gasteiger partial charge in [0.05, 0.1) is 4.90 Å². The fourth-order valence-corrected chi connectivity index (χ4v) is 2.90. The van der Waals surface area contributed by atoms with E-state index in [9.17, 15) is 8.42 Å². The molecule has 0 radical (unpaired) electrons. The Kier molecular flexibility index (Phi) is 5.17. The van der Waals surface area contributed by atoms with Crippen LogP contribution < -0.4 is 0 Å². The third-order valence-electron chi connectivity index (χ3n) is 2.90. The van der Waals surface area contributed by atoms with Gasteiger partial charge in [0.1, 0.15) is 0 Å². The summed E-state index contributed by atoms with van der Waals surface area (Å²) in [5.41, 5.74) is 2.06. The van der Waals surface area contributed by atoms with Crippen molar-refractivity contribution < 1.29 is 8.42 Å². The average Bonchev–Trinajstić information content (AvgIpc) is 2.45. The van der Waals surface area contributed by atoms with Crippen LogP contribution >= 0.6 is 34.8 Å². The van der Waals surface area contributed by atoms with Crippen molar-refractivity contribution >= 4 is 51.0 Å². The number of rotatable bonds is 3. The normalized spacial score (nSPS) is 12.7. The number of alkyl halides is 3. The molecule has 0 amide bonds. The van der Waals surface area contributed by atoms with Crippen LogP contribution in [0.15, 0.2) is 57.8 Å². The summed E-state index contributed by atoms with van der Waals surface area (Å²) < 4.78 is 26.3. The van der Waals surface area contributed by atoms with Crippen molar-refractivity contribution in [3.05, 3.63) is 65.2 Å². The SMILES string of the molecule is Cc1ccc(S(=O)(=O)/N=C/c2ccc(C(Cl)(Cl)Cl)cc2)cc1. The van der Waals surface area contributed by atoms with Crippen LogP contribution in [0.5, 0.6) is 0 Å². The summed E-state index contributed by atoms with van der Waals surface area (Å²) in [6, 6.07) is 13.0. The summed E-state index contributed by atoms with van der Waals surface area (Å²) in [7, 11) is -3.72. The second kappa shape index (κ2) is 6.59. The van der Waals surface area contributed by atoms with E-state index in [1.165, 1.54) is 18.3 Å². The van der Waals surface area contributed by atoms with Gasteiger partial charge in [0, 0.05) is 11.8 Å². The second-order valence-corrected chi connectivity index (χ2v) is 8.56. The first-order valence-corrected chi connectivity index (χ1v) is 8.80. The first-order chi connectivity index (χ1) is 10.2. The van der Waals surface area contributed by atoms with Crippen LogP contribution in [0.4, 0.5) is 0 Å². The Bertz CT molecular complexity index is 777. The average molecular weight is 377 g/mol. The summed E-state index contributed by atoms with van der Waals surface area (Å²) in [5.74, 6) is 0. The summed E-state index contributed by atoms with van der Waals surface area (Å²) >= 11 is 17.3. The number of hydrogen-bond acceptors (Lipinski definition) is 2. The molecule has 7 heteroatoms. The largest absolute Gasteiger partial charge is 0.282 e. The van der Waals surface area contributed by atoms with E-state index in [0.29, 0.717) is 11.1 Å². The molecule has 22 heavy (non-hydrogen) atoms. The third-order valence-corrected chi connectivity index (χ3v) is 4.80. The number of sulfonamides is 1. The molecule has 0 aliphatic rings. The Hall–Kier alpha value is -1.07. The van der Waals surface area contributed by atoms with Crippen LogP contribution in [0.3, 0.4) is 0 Å². The molecule has 0 N–H and O–H groups in total. The fraction of sp³-hybridized carbons (Fsp3) is 0.133. The lowest BCUT2D eigenvalue weighted by Crippen LogP contribution is -2.00. The number of nitrogens with zero attached hydrogens (tertiary/aromatic N) is 1. The van der Waals surface area contributed by atoms with Crippen LogP contribution in [0, 0.1) is 6.92 Å². The zero-order valence-corrected chi connectivity index (χ0v) is 14.6. The van der Waals surface area contributed by atoms with Crippen LogP contribution in [0.25, 0.3) is 0 Å². The van der Waals surface area contributed by atoms with Crippen molar-refractivity contribution in [1.29, 1.82) is 0 Å². The molecular weight excluding hydrogens is 365 g/mol. The molecule has 2 aromatic carbocycles. The van der Waals surface area contributed by atoms with E-state index in [4.69, 9.17) is 34.8 Å². The summed E-state index contributed by atoms with van der Waals surface area (Å²) in [6.45, 7) is 1.88. The highest BCUT2D eigenvalue weighted by Gasteiger charge is 2.22. The Morgan fingerprint density at radius 2 is 1.50 bits per heavy atom. The second-order valence-electron chi connectivity index (χ2n) is 4.64. The maximum atomic E-state index is 12.1. The van der Waals surface area contributed by atoms with Gasteiger partial charge in [-0.15, -0.1) is 0 Å². The Morgan fingerprint density at radius 1 is 0.955 bits per heavy atom. The van der Waals surface area contributed by atoms with E-state index in [2.05, 4.69) is 4.40 Å². The lowest BCUT2D eigenvalue weighted by molar-refractivity contribution is 0.598. The van der Waals surface area contributed by atoms with Gasteiger partial charge in [0.25, 0.3) is 10.0 Å². The van der Waals surface area contributed by atoms with Crippen LogP contribution in [-0.2, 0) is 13.8 Å². The van der Waals surface area contributed by atoms with E-state index in [-0.39, 0.29) is 4.90 Å². The van der Waals surface area contributed by atoms with Gasteiger partial charge in [0.15, 0.2) is 0 Å². The third kappa shape index (κ3) is 4.46. The smallest absolute Gasteiger partial charge is 0.199 e. The van der Waals surface area contributed by atoms with Crippen molar-refractivity contribution in [2.24, 2.45) is 4.40 Å². The molecule has 0 saturated carbocycles. The van der Waals surface area contributed by atoms with Crippen molar-refractivity contribution in [3.8, 4) is 0 Å². The van der Waals surface area contributed by atoms with E-state index in [1.807, 2.05) is 6.92 Å². The molecule has 0 unspecified atom stereocenters. The molecule has 0 heterocycles. The fourth-order valence-electron chi connectivity index (χ4n) is 1.66. The van der Waals surface area contributed by atoms with Crippen LogP contribution in [0.2, 0.25) is 0 Å². The molecule has 0 atom stereocenters. The van der Waals surface area contributed by atoms with Crippen molar-refractivity contribution in [3.63, 3.8) is 0 Å². The lowest BCUT2D eigenvalue weighted by Gasteiger charge is -2.10. The maximum Gasteiger partial charge on any atom is 0.282 e. The summed E-state index contributed by atoms with van der Waals surface area (Å²) in [4.78, 5) is 0.146. The maximum absolute atomic E-state index is 12.1. The molecule has 116 valence electrons. The summed E-state index contributed by atoms with van der Waals surface area (Å²) in [5, 5.41) is 0. The molecule has 0 aromatic heterocycles. The zero-order valence-electron chi connectivity index (χ0n) is 11.5. The van der Waals surface area contributed by atoms with E-state index >= 15 is 0 Å². The number of benzene rings is 2. The predicted molar refractivity (Wildman–Crippen MR) is 91.6 cm³/mol. The van der Waals surface area contributed by atoms with E-state index in [1.54, 1.807) is 36.4 Å². The molecule has 0 aliphatic carbocycles. The topological polar surface area (TPSA) is 46.5 Å². The highest BCUT2D eigenvalue weighted by atomic mass is 35.6. The Labute approximate surface area is 144 Å². The molecule has 0 bridgehead atoms. The Morgan fingerprint density at radius 3 is 2.00 bits per heavy atom. The van der Waals surface area contributed by atoms with E-state index in [0.717, 1.165) is 5.56 Å². The first kappa shape index (κ1) is 17.3. The molecule has 2 rings (SSSR count). The van der Waals surface area contributed by atoms with Gasteiger partial charge in [-0.3, -0.25) is 0 Å². The van der Waals surface area contributed by atoms with E-state index < -0.39 is 13.8 Å². The van der Waals surface area contributed by atoms with Gasteiger partial charge in [-0.05, 0) is 24.6 Å². The monoisotopic (exact) mass is 375 g/mol. The minimum Gasteiger partial charge on any atom is -0.199 e. The van der Waals surface area contributed by atoms with Crippen molar-refractivity contribution in [2.75, 3.05) is 0 Å². The lowest BCUT2D eigenvalue weighted by atomic mass is 10.2. The van der Waals surface area contributed by atoms with Crippen molar-refractivity contribution in [1.82, 2.24) is 0 Å². The highest BCUT2D eigenvalue weighted by Crippen LogP contribution is 2.37. The molecule has 0 aliphatic heterocycles. The Balaban J connectivity index is 2.22. The standard InChI is InChI=1S/C15H12Cl3NO2S/c1-11-2-8-14(9-3-11)22(20,21)19-10-12-4-6-13(7-5-12)15(16,17)18/h2-10H,1H3/b19-10+. The summed E-state index contributed by atoms with van der Waals surface area (Å²) in [6.07, 6.45) is 1.26. The molecule has 0 saturated heterocycles. The van der Waals surface area contributed by atoms with Gasteiger partial charge in [-0.2, -0.15) is 12.8 Å². The molecule has 0 spiro atoms. The molecule has 3 nitrogen and oxygen atoms in total. The minimum absolute atomic E-state index is 0.146. The molecule has 0 fully saturated rings. The first-order valence-electron chi connectivity index (χ1n) is 6.23. The number of hydrogen-bond donors (Lipinski definition) is 0. The molecule has 2 aromatic rings. The highest BCUT2D eigenvalue weighted by molar-refractivity contribution is 7.90. The molecular formula is C15H12Cl3NO2S. The van der Waals surface area contributed by atoms with Crippen LogP contribution in [0.1, 0.15) is 16.7 Å². The predicted octanol–water partition coefficient (Wildman–Crippen LogP) is 4.63. The minimum atomic E-state index is -3.72. The zero-order chi connectivity index (χ0) is 16.4. The van der Waals surface area contributed by atoms with Gasteiger partial charge in [-0.1, -0.05) is 76.8 Å². The van der Waals surface area contributed by atoms with Gasteiger partial charge in [-0.25, -0.2) is 0 Å². The van der Waals surface area contributed by atoms with Gasteiger partial charge < -0.3 is 0 Å². The number of halogens is 3. The van der Waals surface area contributed by atoms with Gasteiger partial charge >= 0.3 is 0 Å². The van der Waals surface area contributed by atoms with Crippen LogP contribution in [-0.4, -0.2) is 14.6 Å². The quantitative estimate of drug-likeness (QED) is 0.579. The number of aryl methyl sites for hydroxylation is 1. The van der Waals surface area contributed by atoms with Gasteiger partial charge in [0.2, 0.25) is 3.79 Å².